The van der Waals surface area contributed by atoms with Gasteiger partial charge in [-0.25, -0.2) is 0 Å². The van der Waals surface area contributed by atoms with Gasteiger partial charge in [-0.2, -0.15) is 0 Å². The van der Waals surface area contributed by atoms with Gasteiger partial charge in [-0.15, -0.1) is 71.8 Å². The molecule has 4 aromatic rings. The van der Waals surface area contributed by atoms with Crippen molar-refractivity contribution in [3.63, 3.8) is 0 Å². The number of hydrogen-bond donors (Lipinski definition) is 0. The molecule has 0 atom stereocenters. The molecule has 0 amide bonds. The predicted octanol–water partition coefficient (Wildman–Crippen LogP) is 5.59. The number of aliphatic imine (C=N–C) groups is 1. The Morgan fingerprint density at radius 1 is 0.800 bits per heavy atom. The number of allylic oxidation sites excluding steroid dienone is 1. The first-order chi connectivity index (χ1) is 16.6. The van der Waals surface area contributed by atoms with Gasteiger partial charge in [-0.3, -0.25) is 0 Å². The largest absolute Gasteiger partial charge is 2.00 e. The van der Waals surface area contributed by atoms with Crippen molar-refractivity contribution in [1.82, 2.24) is 4.98 Å². The average Bonchev–Trinajstić information content (AvgIpc) is 2.87. The molecular formula is C31H27BN2Pt. The second kappa shape index (κ2) is 11.1. The normalized spacial score (nSPS) is 12.9. The van der Waals surface area contributed by atoms with Gasteiger partial charge in [-0.1, -0.05) is 58.6 Å². The Balaban J connectivity index is 0.00000289. The third-order valence-corrected chi connectivity index (χ3v) is 6.39. The molecule has 0 saturated carbocycles. The minimum absolute atomic E-state index is 0. The van der Waals surface area contributed by atoms with E-state index in [4.69, 9.17) is 9.98 Å². The van der Waals surface area contributed by atoms with Crippen LogP contribution in [-0.4, -0.2) is 17.4 Å². The zero-order valence-corrected chi connectivity index (χ0v) is 22.6. The van der Waals surface area contributed by atoms with Crippen LogP contribution in [0, 0.1) is 32.9 Å². The fraction of sp³-hybridized carbons (Fsp3) is 0.161. The SMILES string of the molecule is Cc1cc(C)c(B(C2=CCCC(c3[c-]cccc3)=N2)c2cccc(-c3[c-]cccc3)n2)c(C)c1.[Pt+2]. The Morgan fingerprint density at radius 2 is 1.49 bits per heavy atom. The summed E-state index contributed by atoms with van der Waals surface area (Å²) in [6.45, 7) is 6.53. The van der Waals surface area contributed by atoms with Crippen molar-refractivity contribution in [1.29, 1.82) is 0 Å². The van der Waals surface area contributed by atoms with Crippen molar-refractivity contribution in [2.24, 2.45) is 4.99 Å². The number of nitrogens with zero attached hydrogens (tertiary/aromatic N) is 2. The van der Waals surface area contributed by atoms with E-state index in [1.807, 2.05) is 30.3 Å². The predicted molar refractivity (Wildman–Crippen MR) is 143 cm³/mol. The van der Waals surface area contributed by atoms with Crippen LogP contribution >= 0.6 is 0 Å². The molecule has 3 aromatic carbocycles. The minimum atomic E-state index is -0.0386. The van der Waals surface area contributed by atoms with Crippen LogP contribution in [0.1, 0.15) is 35.1 Å². The molecule has 0 bridgehead atoms. The summed E-state index contributed by atoms with van der Waals surface area (Å²) in [5.41, 5.74) is 11.3. The number of aromatic nitrogens is 1. The third-order valence-electron chi connectivity index (χ3n) is 6.39. The van der Waals surface area contributed by atoms with Crippen LogP contribution in [0.2, 0.25) is 0 Å². The zero-order valence-electron chi connectivity index (χ0n) is 20.3. The molecule has 35 heavy (non-hydrogen) atoms. The average molecular weight is 633 g/mol. The van der Waals surface area contributed by atoms with E-state index in [-0.39, 0.29) is 27.8 Å². The van der Waals surface area contributed by atoms with Gasteiger partial charge >= 0.3 is 21.1 Å². The Kier molecular flexibility index (Phi) is 7.98. The quantitative estimate of drug-likeness (QED) is 0.208. The van der Waals surface area contributed by atoms with Gasteiger partial charge in [-0.05, 0) is 45.0 Å². The van der Waals surface area contributed by atoms with E-state index in [1.54, 1.807) is 0 Å². The molecule has 2 heterocycles. The zero-order chi connectivity index (χ0) is 23.5. The number of rotatable bonds is 5. The van der Waals surface area contributed by atoms with Crippen LogP contribution in [-0.2, 0) is 21.1 Å². The maximum Gasteiger partial charge on any atom is 2.00 e. The Bertz CT molecular complexity index is 1350. The van der Waals surface area contributed by atoms with Crippen molar-refractivity contribution in [3.05, 3.63) is 125 Å². The molecule has 5 rings (SSSR count). The van der Waals surface area contributed by atoms with Gasteiger partial charge in [0.2, 0.25) is 0 Å². The van der Waals surface area contributed by atoms with Crippen molar-refractivity contribution in [2.75, 3.05) is 0 Å². The molecule has 2 nitrogen and oxygen atoms in total. The van der Waals surface area contributed by atoms with Crippen LogP contribution in [0.25, 0.3) is 11.3 Å². The second-order valence-corrected chi connectivity index (χ2v) is 8.97. The molecule has 0 radical (unpaired) electrons. The Hall–Kier alpha value is -3.03. The topological polar surface area (TPSA) is 25.2 Å². The second-order valence-electron chi connectivity index (χ2n) is 8.97. The summed E-state index contributed by atoms with van der Waals surface area (Å²) in [5.74, 6) is 0. The van der Waals surface area contributed by atoms with Gasteiger partial charge in [0.05, 0.1) is 0 Å². The Morgan fingerprint density at radius 3 is 2.14 bits per heavy atom. The third kappa shape index (κ3) is 5.47. The Labute approximate surface area is 223 Å². The first-order valence-corrected chi connectivity index (χ1v) is 11.9. The van der Waals surface area contributed by atoms with Gasteiger partial charge in [0.25, 0.3) is 6.71 Å². The number of benzene rings is 3. The molecular weight excluding hydrogens is 606 g/mol. The van der Waals surface area contributed by atoms with Crippen molar-refractivity contribution >= 4 is 23.5 Å². The molecule has 0 N–H and O–H groups in total. The summed E-state index contributed by atoms with van der Waals surface area (Å²) < 4.78 is 0. The van der Waals surface area contributed by atoms with Crippen LogP contribution < -0.4 is 11.1 Å². The van der Waals surface area contributed by atoms with Crippen LogP contribution in [0.3, 0.4) is 0 Å². The molecule has 1 aliphatic rings. The number of hydrogen-bond acceptors (Lipinski definition) is 2. The summed E-state index contributed by atoms with van der Waals surface area (Å²) in [6.07, 6.45) is 4.18. The summed E-state index contributed by atoms with van der Waals surface area (Å²) in [6, 6.07) is 33.6. The molecule has 1 aliphatic heterocycles. The van der Waals surface area contributed by atoms with Gasteiger partial charge in [0, 0.05) is 11.2 Å². The standard InChI is InChI=1S/C31H27BN2.Pt/c1-22-20-23(2)31(24(3)21-22)32(29-18-10-16-27(33-29)25-12-6-4-7-13-25)30-19-11-17-28(34-30)26-14-8-5-9-15-26;/h4-10,12,14,16,18-21H,11,17H2,1-3H3;/q-2;+2. The van der Waals surface area contributed by atoms with E-state index in [0.717, 1.165) is 46.6 Å². The van der Waals surface area contributed by atoms with E-state index in [9.17, 15) is 0 Å². The molecule has 1 aromatic heterocycles. The smallest absolute Gasteiger partial charge is 0.315 e. The van der Waals surface area contributed by atoms with Crippen molar-refractivity contribution < 1.29 is 21.1 Å². The first-order valence-electron chi connectivity index (χ1n) is 11.9. The molecule has 0 aliphatic carbocycles. The summed E-state index contributed by atoms with van der Waals surface area (Å²) >= 11 is 0. The summed E-state index contributed by atoms with van der Waals surface area (Å²) in [7, 11) is 0. The fourth-order valence-corrected chi connectivity index (χ4v) is 4.97. The number of aryl methyl sites for hydroxylation is 3. The van der Waals surface area contributed by atoms with Gasteiger partial charge in [0.15, 0.2) is 0 Å². The first kappa shape index (κ1) is 25.1. The minimum Gasteiger partial charge on any atom is -0.315 e. The van der Waals surface area contributed by atoms with Crippen molar-refractivity contribution in [3.8, 4) is 11.3 Å². The van der Waals surface area contributed by atoms with Crippen molar-refractivity contribution in [2.45, 2.75) is 33.6 Å². The fourth-order valence-electron chi connectivity index (χ4n) is 4.97. The molecule has 0 fully saturated rings. The molecule has 0 spiro atoms. The van der Waals surface area contributed by atoms with E-state index in [2.05, 4.69) is 87.5 Å². The summed E-state index contributed by atoms with van der Waals surface area (Å²) in [5, 5.41) is 0. The summed E-state index contributed by atoms with van der Waals surface area (Å²) in [4.78, 5) is 10.4. The molecule has 174 valence electrons. The monoisotopic (exact) mass is 633 g/mol. The van der Waals surface area contributed by atoms with E-state index >= 15 is 0 Å². The van der Waals surface area contributed by atoms with E-state index in [1.165, 1.54) is 22.2 Å². The molecule has 0 unspecified atom stereocenters. The molecule has 4 heteroatoms. The van der Waals surface area contributed by atoms with E-state index in [0.29, 0.717) is 0 Å². The maximum atomic E-state index is 5.21. The van der Waals surface area contributed by atoms with Crippen LogP contribution in [0.5, 0.6) is 0 Å². The van der Waals surface area contributed by atoms with E-state index < -0.39 is 0 Å². The van der Waals surface area contributed by atoms with Gasteiger partial charge < -0.3 is 9.98 Å². The molecule has 0 saturated heterocycles. The maximum absolute atomic E-state index is 5.21. The van der Waals surface area contributed by atoms with Gasteiger partial charge in [0.1, 0.15) is 0 Å². The number of pyridine rings is 1. The van der Waals surface area contributed by atoms with Crippen LogP contribution in [0.4, 0.5) is 0 Å². The van der Waals surface area contributed by atoms with Crippen LogP contribution in [0.15, 0.2) is 95.5 Å².